The molecule has 1 atom stereocenters. The minimum Gasteiger partial charge on any atom is -0.318 e. The summed E-state index contributed by atoms with van der Waals surface area (Å²) in [6.45, 7) is 1.61. The first-order valence-electron chi connectivity index (χ1n) is 8.10. The summed E-state index contributed by atoms with van der Waals surface area (Å²) in [5.74, 6) is -0.506. The normalized spacial score (nSPS) is 19.8. The summed E-state index contributed by atoms with van der Waals surface area (Å²) in [7, 11) is 0. The first kappa shape index (κ1) is 18.0. The van der Waals surface area contributed by atoms with Crippen LogP contribution in [0.3, 0.4) is 0 Å². The predicted molar refractivity (Wildman–Crippen MR) is 99.8 cm³/mol. The molecule has 1 saturated heterocycles. The number of allylic oxidation sites excluding steroid dienone is 1. The Morgan fingerprint density at radius 3 is 2.48 bits per heavy atom. The van der Waals surface area contributed by atoms with Crippen molar-refractivity contribution in [2.24, 2.45) is 5.10 Å². The average Bonchev–Trinajstić information content (AvgIpc) is 2.89. The van der Waals surface area contributed by atoms with Gasteiger partial charge in [-0.2, -0.15) is 5.10 Å². The van der Waals surface area contributed by atoms with Crippen LogP contribution in [0.4, 0.5) is 10.5 Å². The van der Waals surface area contributed by atoms with Gasteiger partial charge < -0.3 is 5.32 Å². The molecule has 8 heteroatoms. The first-order valence-corrected chi connectivity index (χ1v) is 8.10. The largest absolute Gasteiger partial charge is 0.346 e. The molecule has 1 aliphatic rings. The molecule has 0 aromatic heterocycles. The zero-order valence-corrected chi connectivity index (χ0v) is 14.4. The molecule has 1 aliphatic heterocycles. The third-order valence-corrected chi connectivity index (χ3v) is 4.20. The van der Waals surface area contributed by atoms with Crippen LogP contribution in [0.2, 0.25) is 0 Å². The Labute approximate surface area is 154 Å². The van der Waals surface area contributed by atoms with E-state index in [1.54, 1.807) is 49.4 Å². The van der Waals surface area contributed by atoms with E-state index in [1.165, 1.54) is 24.4 Å². The van der Waals surface area contributed by atoms with Crippen molar-refractivity contribution in [2.75, 3.05) is 0 Å². The van der Waals surface area contributed by atoms with Crippen LogP contribution in [0.1, 0.15) is 18.1 Å². The standard InChI is InChI=1S/C19H16N4O4/c1-19(15-10-3-2-4-11-15)17(24)22(18(25)21-19)20-13-7-9-14-8-5-6-12-16(14)23(26)27/h2-13H,1H3,(H,21,25)/b9-7+,20-13-/t19-/m1/s1. The number of nitro groups is 1. The van der Waals surface area contributed by atoms with Crippen LogP contribution in [0.25, 0.3) is 6.08 Å². The van der Waals surface area contributed by atoms with E-state index >= 15 is 0 Å². The Kier molecular flexibility index (Phi) is 4.80. The number of hydrogen-bond acceptors (Lipinski definition) is 5. The van der Waals surface area contributed by atoms with Crippen LogP contribution in [-0.2, 0) is 10.3 Å². The van der Waals surface area contributed by atoms with Gasteiger partial charge in [0.25, 0.3) is 11.6 Å². The topological polar surface area (TPSA) is 105 Å². The van der Waals surface area contributed by atoms with Gasteiger partial charge >= 0.3 is 6.03 Å². The number of amides is 3. The molecule has 8 nitrogen and oxygen atoms in total. The number of benzene rings is 2. The fourth-order valence-electron chi connectivity index (χ4n) is 2.74. The quantitative estimate of drug-likeness (QED) is 0.381. The number of carbonyl (C=O) groups is 2. The lowest BCUT2D eigenvalue weighted by Crippen LogP contribution is -2.40. The Bertz CT molecular complexity index is 955. The van der Waals surface area contributed by atoms with Crippen molar-refractivity contribution in [1.29, 1.82) is 0 Å². The van der Waals surface area contributed by atoms with Gasteiger partial charge in [0, 0.05) is 12.3 Å². The van der Waals surface area contributed by atoms with Gasteiger partial charge in [-0.05, 0) is 30.7 Å². The molecule has 0 bridgehead atoms. The highest BCUT2D eigenvalue weighted by Gasteiger charge is 2.49. The summed E-state index contributed by atoms with van der Waals surface area (Å²) < 4.78 is 0. The highest BCUT2D eigenvalue weighted by molar-refractivity contribution is 6.07. The van der Waals surface area contributed by atoms with Crippen LogP contribution in [0, 0.1) is 10.1 Å². The lowest BCUT2D eigenvalue weighted by Gasteiger charge is -2.20. The third-order valence-electron chi connectivity index (χ3n) is 4.20. The van der Waals surface area contributed by atoms with Crippen molar-refractivity contribution in [3.05, 3.63) is 81.9 Å². The summed E-state index contributed by atoms with van der Waals surface area (Å²) in [6, 6.07) is 14.5. The molecule has 0 spiro atoms. The van der Waals surface area contributed by atoms with E-state index in [1.807, 2.05) is 6.07 Å². The van der Waals surface area contributed by atoms with Crippen molar-refractivity contribution in [3.63, 3.8) is 0 Å². The predicted octanol–water partition coefficient (Wildman–Crippen LogP) is 3.06. The van der Waals surface area contributed by atoms with Gasteiger partial charge in [-0.25, -0.2) is 4.79 Å². The molecule has 0 unspecified atom stereocenters. The van der Waals surface area contributed by atoms with Crippen LogP contribution in [-0.4, -0.2) is 28.1 Å². The Hall–Kier alpha value is -3.81. The second kappa shape index (κ2) is 7.20. The summed E-state index contributed by atoms with van der Waals surface area (Å²) >= 11 is 0. The SMILES string of the molecule is C[C@]1(c2ccccc2)NC(=O)N(/N=C\C=C\c2ccccc2[N+](=O)[O-])C1=O. The number of hydrogen-bond donors (Lipinski definition) is 1. The van der Waals surface area contributed by atoms with E-state index in [-0.39, 0.29) is 5.69 Å². The molecule has 0 saturated carbocycles. The fraction of sp³-hybridized carbons (Fsp3) is 0.105. The second-order valence-corrected chi connectivity index (χ2v) is 5.98. The molecule has 3 amide bonds. The number of nitrogens with zero attached hydrogens (tertiary/aromatic N) is 3. The summed E-state index contributed by atoms with van der Waals surface area (Å²) in [4.78, 5) is 35.3. The molecule has 2 aromatic rings. The number of rotatable bonds is 5. The van der Waals surface area contributed by atoms with E-state index in [0.717, 1.165) is 5.01 Å². The molecule has 1 N–H and O–H groups in total. The summed E-state index contributed by atoms with van der Waals surface area (Å²) in [5, 5.41) is 18.3. The second-order valence-electron chi connectivity index (χ2n) is 5.98. The van der Waals surface area contributed by atoms with Crippen molar-refractivity contribution < 1.29 is 14.5 Å². The summed E-state index contributed by atoms with van der Waals surface area (Å²) in [6.07, 6.45) is 4.16. The maximum atomic E-state index is 12.7. The molecule has 2 aromatic carbocycles. The molecular weight excluding hydrogens is 348 g/mol. The Morgan fingerprint density at radius 2 is 1.78 bits per heavy atom. The zero-order valence-electron chi connectivity index (χ0n) is 14.4. The van der Waals surface area contributed by atoms with Gasteiger partial charge in [0.05, 0.1) is 10.5 Å². The number of imide groups is 1. The van der Waals surface area contributed by atoms with Crippen molar-refractivity contribution >= 4 is 29.9 Å². The Morgan fingerprint density at radius 1 is 1.11 bits per heavy atom. The lowest BCUT2D eigenvalue weighted by atomic mass is 9.92. The molecule has 3 rings (SSSR count). The lowest BCUT2D eigenvalue weighted by molar-refractivity contribution is -0.385. The van der Waals surface area contributed by atoms with Gasteiger partial charge in [-0.1, -0.05) is 42.5 Å². The van der Waals surface area contributed by atoms with Crippen molar-refractivity contribution in [1.82, 2.24) is 10.3 Å². The van der Waals surface area contributed by atoms with Gasteiger partial charge in [-0.15, -0.1) is 5.01 Å². The molecule has 0 aliphatic carbocycles. The van der Waals surface area contributed by atoms with Gasteiger partial charge in [0.1, 0.15) is 5.54 Å². The number of nitrogens with one attached hydrogen (secondary N) is 1. The van der Waals surface area contributed by atoms with E-state index in [2.05, 4.69) is 10.4 Å². The smallest absolute Gasteiger partial charge is 0.318 e. The van der Waals surface area contributed by atoms with Gasteiger partial charge in [0.2, 0.25) is 0 Å². The number of hydrazone groups is 1. The zero-order chi connectivity index (χ0) is 19.4. The average molecular weight is 364 g/mol. The van der Waals surface area contributed by atoms with E-state index in [9.17, 15) is 19.7 Å². The van der Waals surface area contributed by atoms with Crippen LogP contribution >= 0.6 is 0 Å². The van der Waals surface area contributed by atoms with Crippen molar-refractivity contribution in [2.45, 2.75) is 12.5 Å². The maximum absolute atomic E-state index is 12.7. The number of nitro benzene ring substituents is 1. The van der Waals surface area contributed by atoms with Crippen LogP contribution < -0.4 is 5.32 Å². The van der Waals surface area contributed by atoms with Gasteiger partial charge in [0.15, 0.2) is 0 Å². The van der Waals surface area contributed by atoms with Crippen molar-refractivity contribution in [3.8, 4) is 0 Å². The fourth-order valence-corrected chi connectivity index (χ4v) is 2.74. The summed E-state index contributed by atoms with van der Waals surface area (Å²) in [5.41, 5.74) is -0.206. The highest BCUT2D eigenvalue weighted by atomic mass is 16.6. The third kappa shape index (κ3) is 3.45. The first-order chi connectivity index (χ1) is 12.9. The number of para-hydroxylation sites is 1. The molecule has 0 radical (unpaired) electrons. The molecular formula is C19H16N4O4. The van der Waals surface area contributed by atoms with E-state index < -0.39 is 22.4 Å². The maximum Gasteiger partial charge on any atom is 0.346 e. The van der Waals surface area contributed by atoms with Crippen LogP contribution in [0.5, 0.6) is 0 Å². The minimum atomic E-state index is -1.20. The molecule has 1 heterocycles. The number of carbonyl (C=O) groups excluding carboxylic acids is 2. The van der Waals surface area contributed by atoms with Gasteiger partial charge in [-0.3, -0.25) is 14.9 Å². The monoisotopic (exact) mass is 364 g/mol. The minimum absolute atomic E-state index is 0.0474. The highest BCUT2D eigenvalue weighted by Crippen LogP contribution is 2.28. The van der Waals surface area contributed by atoms with E-state index in [0.29, 0.717) is 11.1 Å². The molecule has 27 heavy (non-hydrogen) atoms. The number of urea groups is 1. The van der Waals surface area contributed by atoms with Crippen LogP contribution in [0.15, 0.2) is 65.8 Å². The molecule has 136 valence electrons. The van der Waals surface area contributed by atoms with E-state index in [4.69, 9.17) is 0 Å². The Balaban J connectivity index is 1.77. The molecule has 1 fully saturated rings.